The molecule has 1 aromatic carbocycles. The predicted octanol–water partition coefficient (Wildman–Crippen LogP) is 4.63. The summed E-state index contributed by atoms with van der Waals surface area (Å²) in [6.07, 6.45) is 7.62. The number of sulfonamides is 1. The summed E-state index contributed by atoms with van der Waals surface area (Å²) < 4.78 is 35.9. The van der Waals surface area contributed by atoms with E-state index in [4.69, 9.17) is 21.3 Å². The summed E-state index contributed by atoms with van der Waals surface area (Å²) in [5.41, 5.74) is 4.66. The van der Waals surface area contributed by atoms with E-state index in [0.717, 1.165) is 36.2 Å². The molecule has 1 atom stereocenters. The van der Waals surface area contributed by atoms with Crippen molar-refractivity contribution >= 4 is 49.9 Å². The maximum atomic E-state index is 12.5. The third-order valence-electron chi connectivity index (χ3n) is 6.38. The van der Waals surface area contributed by atoms with Crippen molar-refractivity contribution in [3.05, 3.63) is 47.6 Å². The Hall–Kier alpha value is -3.15. The summed E-state index contributed by atoms with van der Waals surface area (Å²) in [6.45, 7) is 2.61. The molecule has 4 heterocycles. The Kier molecular flexibility index (Phi) is 6.39. The monoisotopic (exact) mass is 529 g/mol. The normalized spacial score (nSPS) is 16.4. The van der Waals surface area contributed by atoms with Crippen LogP contribution in [0.1, 0.15) is 31.3 Å². The quantitative estimate of drug-likeness (QED) is 0.363. The third kappa shape index (κ3) is 4.65. The molecule has 1 N–H and O–H groups in total. The summed E-state index contributed by atoms with van der Waals surface area (Å²) >= 11 is 6.44. The zero-order valence-corrected chi connectivity index (χ0v) is 22.1. The fraction of sp³-hybridized carbons (Fsp3) is 0.375. The Morgan fingerprint density at radius 2 is 1.97 bits per heavy atom. The van der Waals surface area contributed by atoms with Crippen molar-refractivity contribution < 1.29 is 13.2 Å². The maximum absolute atomic E-state index is 12.5. The summed E-state index contributed by atoms with van der Waals surface area (Å²) in [7, 11) is -0.175. The number of halogens is 1. The number of ether oxygens (including phenoxy) is 1. The Labute approximate surface area is 214 Å². The van der Waals surface area contributed by atoms with Gasteiger partial charge in [-0.3, -0.25) is 13.6 Å². The van der Waals surface area contributed by atoms with E-state index >= 15 is 0 Å². The molecule has 190 valence electrons. The number of nitrogens with one attached hydrogen (secondary N) is 1. The lowest BCUT2D eigenvalue weighted by Gasteiger charge is -2.25. The molecule has 0 aliphatic carbocycles. The number of anilines is 3. The van der Waals surface area contributed by atoms with Gasteiger partial charge < -0.3 is 10.1 Å². The third-order valence-corrected chi connectivity index (χ3v) is 7.76. The number of rotatable bonds is 6. The van der Waals surface area contributed by atoms with Crippen LogP contribution >= 0.6 is 11.6 Å². The van der Waals surface area contributed by atoms with E-state index in [2.05, 4.69) is 15.4 Å². The summed E-state index contributed by atoms with van der Waals surface area (Å²) in [4.78, 5) is 9.33. The molecule has 0 saturated carbocycles. The Balaban J connectivity index is 1.61. The van der Waals surface area contributed by atoms with Gasteiger partial charge in [0, 0.05) is 38.5 Å². The number of aromatic nitrogens is 5. The molecule has 1 aliphatic rings. The van der Waals surface area contributed by atoms with Crippen LogP contribution in [0.4, 0.5) is 17.1 Å². The molecule has 1 unspecified atom stereocenters. The highest BCUT2D eigenvalue weighted by Crippen LogP contribution is 2.37. The van der Waals surface area contributed by atoms with Gasteiger partial charge in [-0.2, -0.15) is 5.10 Å². The zero-order valence-electron chi connectivity index (χ0n) is 20.6. The van der Waals surface area contributed by atoms with E-state index in [-0.39, 0.29) is 6.23 Å². The fourth-order valence-corrected chi connectivity index (χ4v) is 5.18. The Morgan fingerprint density at radius 1 is 1.17 bits per heavy atom. The van der Waals surface area contributed by atoms with Crippen LogP contribution in [0.15, 0.2) is 36.7 Å². The van der Waals surface area contributed by atoms with Gasteiger partial charge >= 0.3 is 0 Å². The van der Waals surface area contributed by atoms with Crippen LogP contribution in [0.3, 0.4) is 0 Å². The number of hydrogen-bond donors (Lipinski definition) is 1. The fourth-order valence-electron chi connectivity index (χ4n) is 4.48. The minimum Gasteiger partial charge on any atom is -0.358 e. The molecule has 0 radical (unpaired) electrons. The van der Waals surface area contributed by atoms with Gasteiger partial charge in [-0.1, -0.05) is 17.7 Å². The number of imidazole rings is 1. The van der Waals surface area contributed by atoms with Gasteiger partial charge in [0.15, 0.2) is 5.65 Å². The van der Waals surface area contributed by atoms with E-state index in [1.807, 2.05) is 42.9 Å². The van der Waals surface area contributed by atoms with Crippen molar-refractivity contribution in [2.75, 3.05) is 29.5 Å². The van der Waals surface area contributed by atoms with E-state index in [0.29, 0.717) is 40.0 Å². The molecule has 5 rings (SSSR count). The molecule has 36 heavy (non-hydrogen) atoms. The van der Waals surface area contributed by atoms with Gasteiger partial charge in [0.05, 0.1) is 29.5 Å². The first-order valence-corrected chi connectivity index (χ1v) is 13.8. The first kappa shape index (κ1) is 24.5. The lowest BCUT2D eigenvalue weighted by molar-refractivity contribution is -0.0309. The maximum Gasteiger partial charge on any atom is 0.232 e. The summed E-state index contributed by atoms with van der Waals surface area (Å²) in [5, 5.41) is 7.89. The van der Waals surface area contributed by atoms with Gasteiger partial charge in [-0.25, -0.2) is 18.4 Å². The topological polar surface area (TPSA) is 107 Å². The molecule has 0 amide bonds. The van der Waals surface area contributed by atoms with Crippen LogP contribution in [-0.2, 0) is 21.8 Å². The van der Waals surface area contributed by atoms with Crippen molar-refractivity contribution in [2.45, 2.75) is 32.4 Å². The highest BCUT2D eigenvalue weighted by molar-refractivity contribution is 7.92. The van der Waals surface area contributed by atoms with E-state index in [9.17, 15) is 8.42 Å². The van der Waals surface area contributed by atoms with Crippen molar-refractivity contribution in [3.63, 3.8) is 0 Å². The number of hydrogen-bond acceptors (Lipinski definition) is 7. The van der Waals surface area contributed by atoms with Crippen LogP contribution in [-0.4, -0.2) is 52.6 Å². The second-order valence-corrected chi connectivity index (χ2v) is 11.4. The number of pyridine rings is 1. The van der Waals surface area contributed by atoms with Gasteiger partial charge in [0.2, 0.25) is 10.0 Å². The van der Waals surface area contributed by atoms with Gasteiger partial charge in [0.1, 0.15) is 22.7 Å². The van der Waals surface area contributed by atoms with Crippen molar-refractivity contribution in [1.29, 1.82) is 0 Å². The lowest BCUT2D eigenvalue weighted by atomic mass is 10.1. The van der Waals surface area contributed by atoms with Crippen molar-refractivity contribution in [3.8, 4) is 11.1 Å². The van der Waals surface area contributed by atoms with Crippen molar-refractivity contribution in [2.24, 2.45) is 7.05 Å². The molecule has 0 bridgehead atoms. The molecular formula is C24H28ClN7O3S. The first-order chi connectivity index (χ1) is 17.1. The van der Waals surface area contributed by atoms with Crippen LogP contribution in [0.5, 0.6) is 0 Å². The molecule has 4 aromatic rings. The second kappa shape index (κ2) is 9.38. The average molecular weight is 530 g/mol. The number of benzene rings is 1. The molecule has 0 spiro atoms. The zero-order chi connectivity index (χ0) is 25.6. The largest absolute Gasteiger partial charge is 0.358 e. The van der Waals surface area contributed by atoms with Crippen LogP contribution < -0.4 is 9.62 Å². The first-order valence-electron chi connectivity index (χ1n) is 11.6. The molecular weight excluding hydrogens is 502 g/mol. The highest BCUT2D eigenvalue weighted by Gasteiger charge is 2.24. The summed E-state index contributed by atoms with van der Waals surface area (Å²) in [5.74, 6) is 0.773. The number of aryl methyl sites for hydroxylation is 2. The SMILES string of the molecule is Cc1nc2c(Nc3ccc(-c4cnn(C)c4)cc3N(C)S(C)(=O)=O)cc(Cl)nc2n1C1CCCCO1. The molecule has 3 aromatic heterocycles. The van der Waals surface area contributed by atoms with Crippen molar-refractivity contribution in [1.82, 2.24) is 24.3 Å². The smallest absolute Gasteiger partial charge is 0.232 e. The van der Waals surface area contributed by atoms with E-state index in [1.54, 1.807) is 16.9 Å². The molecule has 1 saturated heterocycles. The minimum absolute atomic E-state index is 0.145. The van der Waals surface area contributed by atoms with Crippen LogP contribution in [0.25, 0.3) is 22.3 Å². The van der Waals surface area contributed by atoms with Crippen LogP contribution in [0.2, 0.25) is 5.15 Å². The number of fused-ring (bicyclic) bond motifs is 1. The van der Waals surface area contributed by atoms with E-state index < -0.39 is 10.0 Å². The Bertz CT molecular complexity index is 1540. The van der Waals surface area contributed by atoms with Gasteiger partial charge in [-0.15, -0.1) is 0 Å². The Morgan fingerprint density at radius 3 is 2.64 bits per heavy atom. The van der Waals surface area contributed by atoms with Gasteiger partial charge in [0.25, 0.3) is 0 Å². The molecule has 12 heteroatoms. The summed E-state index contributed by atoms with van der Waals surface area (Å²) in [6, 6.07) is 7.27. The standard InChI is InChI=1S/C24H28ClN7O3S/c1-15-27-23-19(12-21(25)29-24(23)32(15)22-7-5-6-10-35-22)28-18-9-8-16(17-13-26-30(2)14-17)11-20(18)31(3)36(4,33)34/h8-9,11-14,22H,5-7,10H2,1-4H3,(H,28,29). The van der Waals surface area contributed by atoms with Gasteiger partial charge in [-0.05, 0) is 43.9 Å². The lowest BCUT2D eigenvalue weighted by Crippen LogP contribution is -2.25. The highest BCUT2D eigenvalue weighted by atomic mass is 35.5. The average Bonchev–Trinajstić information content (AvgIpc) is 3.41. The second-order valence-electron chi connectivity index (χ2n) is 9.01. The molecule has 10 nitrogen and oxygen atoms in total. The molecule has 1 fully saturated rings. The van der Waals surface area contributed by atoms with E-state index in [1.165, 1.54) is 17.6 Å². The van der Waals surface area contributed by atoms with Crippen LogP contribution in [0, 0.1) is 6.92 Å². The minimum atomic E-state index is -3.53. The molecule has 1 aliphatic heterocycles. The predicted molar refractivity (Wildman–Crippen MR) is 141 cm³/mol. The number of nitrogens with zero attached hydrogens (tertiary/aromatic N) is 6.